The molecule has 0 bridgehead atoms. The summed E-state index contributed by atoms with van der Waals surface area (Å²) in [6.07, 6.45) is 0. The average Bonchev–Trinajstić information content (AvgIpc) is 2.56. The van der Waals surface area contributed by atoms with Crippen molar-refractivity contribution in [2.24, 2.45) is 5.73 Å². The predicted molar refractivity (Wildman–Crippen MR) is 51.4 cm³/mol. The van der Waals surface area contributed by atoms with Crippen LogP contribution in [0.1, 0.15) is 10.6 Å². The van der Waals surface area contributed by atoms with E-state index >= 15 is 0 Å². The molecule has 15 heavy (non-hydrogen) atoms. The number of furan rings is 1. The Hall–Kier alpha value is -2.37. The minimum Gasteiger partial charge on any atom is -0.444 e. The number of hydrogen-bond donors (Lipinski definition) is 1. The Balaban J connectivity index is 2.86. The zero-order chi connectivity index (χ0) is 11.0. The van der Waals surface area contributed by atoms with E-state index in [0.717, 1.165) is 0 Å². The molecular formula is C9H6N2O4. The fraction of sp³-hybridized carbons (Fsp3) is 0. The molecule has 0 atom stereocenters. The van der Waals surface area contributed by atoms with E-state index in [2.05, 4.69) is 0 Å². The highest BCUT2D eigenvalue weighted by atomic mass is 16.6. The van der Waals surface area contributed by atoms with Crippen LogP contribution in [0.5, 0.6) is 0 Å². The van der Waals surface area contributed by atoms with E-state index in [0.29, 0.717) is 0 Å². The van der Waals surface area contributed by atoms with Gasteiger partial charge in [0, 0.05) is 0 Å². The summed E-state index contributed by atoms with van der Waals surface area (Å²) in [5.74, 6) is -1.36. The standard InChI is InChI=1S/C9H6N2O4/c10-9(12)8-7(11(13)14)5-3-1-2-4-6(5)15-8/h1-4H,(H2,10,12). The third kappa shape index (κ3) is 1.32. The van der Waals surface area contributed by atoms with Gasteiger partial charge in [0.1, 0.15) is 5.58 Å². The number of fused-ring (bicyclic) bond motifs is 1. The van der Waals surface area contributed by atoms with Crippen LogP contribution in [0.15, 0.2) is 28.7 Å². The maximum absolute atomic E-state index is 10.9. The molecule has 1 heterocycles. The highest BCUT2D eigenvalue weighted by molar-refractivity contribution is 6.02. The molecule has 2 N–H and O–H groups in total. The summed E-state index contributed by atoms with van der Waals surface area (Å²) in [6, 6.07) is 6.31. The second kappa shape index (κ2) is 3.09. The van der Waals surface area contributed by atoms with E-state index in [-0.39, 0.29) is 16.7 Å². The molecule has 1 aromatic heterocycles. The van der Waals surface area contributed by atoms with Crippen LogP contribution in [0.4, 0.5) is 5.69 Å². The van der Waals surface area contributed by atoms with E-state index in [1.165, 1.54) is 12.1 Å². The monoisotopic (exact) mass is 206 g/mol. The summed E-state index contributed by atoms with van der Waals surface area (Å²) in [4.78, 5) is 21.0. The predicted octanol–water partition coefficient (Wildman–Crippen LogP) is 1.44. The smallest absolute Gasteiger partial charge is 0.328 e. The summed E-state index contributed by atoms with van der Waals surface area (Å²) in [5, 5.41) is 11.0. The fourth-order valence-electron chi connectivity index (χ4n) is 1.38. The molecule has 6 heteroatoms. The number of carbonyl (C=O) groups excluding carboxylic acids is 1. The van der Waals surface area contributed by atoms with Gasteiger partial charge in [-0.25, -0.2) is 0 Å². The molecule has 2 aromatic rings. The number of carbonyl (C=O) groups is 1. The van der Waals surface area contributed by atoms with Crippen molar-refractivity contribution in [1.29, 1.82) is 0 Å². The van der Waals surface area contributed by atoms with Crippen LogP contribution in [0, 0.1) is 10.1 Å². The van der Waals surface area contributed by atoms with Crippen molar-refractivity contribution < 1.29 is 14.1 Å². The number of rotatable bonds is 2. The normalized spacial score (nSPS) is 10.4. The van der Waals surface area contributed by atoms with Crippen LogP contribution in [0.2, 0.25) is 0 Å². The second-order valence-corrected chi connectivity index (χ2v) is 2.90. The highest BCUT2D eigenvalue weighted by Gasteiger charge is 2.27. The Morgan fingerprint density at radius 1 is 1.40 bits per heavy atom. The zero-order valence-electron chi connectivity index (χ0n) is 7.47. The maximum atomic E-state index is 10.9. The first-order valence-corrected chi connectivity index (χ1v) is 4.07. The van der Waals surface area contributed by atoms with Gasteiger partial charge in [0.25, 0.3) is 11.7 Å². The minimum atomic E-state index is -0.946. The molecule has 1 aromatic carbocycles. The van der Waals surface area contributed by atoms with E-state index in [9.17, 15) is 14.9 Å². The molecule has 0 aliphatic carbocycles. The van der Waals surface area contributed by atoms with E-state index in [4.69, 9.17) is 10.2 Å². The number of primary amides is 1. The summed E-state index contributed by atoms with van der Waals surface area (Å²) < 4.78 is 5.01. The van der Waals surface area contributed by atoms with Crippen LogP contribution in [-0.4, -0.2) is 10.8 Å². The topological polar surface area (TPSA) is 99.4 Å². The van der Waals surface area contributed by atoms with Crippen LogP contribution in [0.25, 0.3) is 11.0 Å². The van der Waals surface area contributed by atoms with Crippen LogP contribution in [-0.2, 0) is 0 Å². The minimum absolute atomic E-state index is 0.274. The molecular weight excluding hydrogens is 200 g/mol. The molecule has 0 fully saturated rings. The van der Waals surface area contributed by atoms with Crippen molar-refractivity contribution in [3.63, 3.8) is 0 Å². The van der Waals surface area contributed by atoms with Crippen molar-refractivity contribution in [3.8, 4) is 0 Å². The lowest BCUT2D eigenvalue weighted by Crippen LogP contribution is -2.11. The number of nitrogens with two attached hydrogens (primary N) is 1. The molecule has 0 aliphatic rings. The quantitative estimate of drug-likeness (QED) is 0.593. The number of hydrogen-bond acceptors (Lipinski definition) is 4. The molecule has 0 saturated carbocycles. The first-order valence-electron chi connectivity index (χ1n) is 4.07. The first kappa shape index (κ1) is 9.20. The zero-order valence-corrected chi connectivity index (χ0v) is 7.47. The lowest BCUT2D eigenvalue weighted by atomic mass is 10.2. The molecule has 6 nitrogen and oxygen atoms in total. The van der Waals surface area contributed by atoms with E-state index in [1.807, 2.05) is 0 Å². The molecule has 0 spiro atoms. The molecule has 2 rings (SSSR count). The number of nitro groups is 1. The number of para-hydroxylation sites is 1. The molecule has 0 unspecified atom stereocenters. The number of nitrogens with zero attached hydrogens (tertiary/aromatic N) is 1. The molecule has 76 valence electrons. The lowest BCUT2D eigenvalue weighted by molar-refractivity contribution is -0.383. The van der Waals surface area contributed by atoms with E-state index in [1.54, 1.807) is 12.1 Å². The van der Waals surface area contributed by atoms with Crippen LogP contribution in [0.3, 0.4) is 0 Å². The van der Waals surface area contributed by atoms with Crippen molar-refractivity contribution >= 4 is 22.6 Å². The Morgan fingerprint density at radius 2 is 2.07 bits per heavy atom. The van der Waals surface area contributed by atoms with Crippen LogP contribution < -0.4 is 5.73 Å². The first-order chi connectivity index (χ1) is 7.11. The van der Waals surface area contributed by atoms with Gasteiger partial charge in [0.2, 0.25) is 0 Å². The van der Waals surface area contributed by atoms with Gasteiger partial charge in [-0.1, -0.05) is 12.1 Å². The van der Waals surface area contributed by atoms with Crippen molar-refractivity contribution in [3.05, 3.63) is 40.1 Å². The van der Waals surface area contributed by atoms with E-state index < -0.39 is 16.6 Å². The fourth-order valence-corrected chi connectivity index (χ4v) is 1.38. The van der Waals surface area contributed by atoms with Crippen LogP contribution >= 0.6 is 0 Å². The van der Waals surface area contributed by atoms with Gasteiger partial charge < -0.3 is 10.2 Å². The Bertz CT molecular complexity index is 558. The Labute approximate surface area is 83.4 Å². The third-order valence-electron chi connectivity index (χ3n) is 1.98. The summed E-state index contributed by atoms with van der Waals surface area (Å²) in [6.45, 7) is 0. The molecule has 1 amide bonds. The highest BCUT2D eigenvalue weighted by Crippen LogP contribution is 2.31. The Kier molecular flexibility index (Phi) is 1.89. The molecule has 0 saturated heterocycles. The van der Waals surface area contributed by atoms with Crippen molar-refractivity contribution in [1.82, 2.24) is 0 Å². The van der Waals surface area contributed by atoms with Gasteiger partial charge in [-0.3, -0.25) is 14.9 Å². The van der Waals surface area contributed by atoms with Gasteiger partial charge >= 0.3 is 5.69 Å². The van der Waals surface area contributed by atoms with Gasteiger partial charge in [-0.05, 0) is 12.1 Å². The largest absolute Gasteiger partial charge is 0.444 e. The summed E-state index contributed by atoms with van der Waals surface area (Å²) in [5.41, 5.74) is 4.88. The molecule has 0 radical (unpaired) electrons. The summed E-state index contributed by atoms with van der Waals surface area (Å²) >= 11 is 0. The number of amides is 1. The van der Waals surface area contributed by atoms with Crippen molar-refractivity contribution in [2.45, 2.75) is 0 Å². The van der Waals surface area contributed by atoms with Gasteiger partial charge in [-0.15, -0.1) is 0 Å². The number of benzene rings is 1. The average molecular weight is 206 g/mol. The SMILES string of the molecule is NC(=O)c1oc2ccccc2c1[N+](=O)[O-]. The summed E-state index contributed by atoms with van der Waals surface area (Å²) in [7, 11) is 0. The lowest BCUT2D eigenvalue weighted by Gasteiger charge is -1.88. The third-order valence-corrected chi connectivity index (χ3v) is 1.98. The van der Waals surface area contributed by atoms with Gasteiger partial charge in [0.15, 0.2) is 0 Å². The van der Waals surface area contributed by atoms with Gasteiger partial charge in [-0.2, -0.15) is 0 Å². The Morgan fingerprint density at radius 3 is 2.67 bits per heavy atom. The van der Waals surface area contributed by atoms with Gasteiger partial charge in [0.05, 0.1) is 10.3 Å². The van der Waals surface area contributed by atoms with Crippen molar-refractivity contribution in [2.75, 3.05) is 0 Å². The molecule has 0 aliphatic heterocycles. The second-order valence-electron chi connectivity index (χ2n) is 2.90. The maximum Gasteiger partial charge on any atom is 0.328 e.